The van der Waals surface area contributed by atoms with Crippen molar-refractivity contribution in [1.29, 1.82) is 0 Å². The number of carbonyl (C=O) groups is 2. The number of carbonyl (C=O) groups excluding carboxylic acids is 1. The van der Waals surface area contributed by atoms with Gasteiger partial charge in [0.25, 0.3) is 5.91 Å². The maximum absolute atomic E-state index is 12.3. The first kappa shape index (κ1) is 16.3. The zero-order valence-corrected chi connectivity index (χ0v) is 13.4. The normalized spacial score (nSPS) is 21.5. The number of carboxylic acid groups (broad SMARTS) is 1. The number of nitrogens with zero attached hydrogens (tertiary/aromatic N) is 1. The van der Waals surface area contributed by atoms with Gasteiger partial charge in [0.1, 0.15) is 5.75 Å². The first-order chi connectivity index (χ1) is 10.3. The summed E-state index contributed by atoms with van der Waals surface area (Å²) in [4.78, 5) is 25.2. The third-order valence-corrected chi connectivity index (χ3v) is 4.26. The maximum atomic E-state index is 12.3. The number of hydrogen-bond donors (Lipinski definition) is 1. The van der Waals surface area contributed by atoms with Gasteiger partial charge in [-0.1, -0.05) is 12.1 Å². The molecule has 1 unspecified atom stereocenters. The standard InChI is InChI=1S/C17H23NO4/c1-12-5-6-13(2)14(9-12)22-10-15(19)18-8-4-7-17(3,11-18)16(20)21/h5-6,9H,4,7-8,10-11H2,1-3H3,(H,20,21). The Morgan fingerprint density at radius 3 is 2.77 bits per heavy atom. The molecule has 1 aliphatic heterocycles. The summed E-state index contributed by atoms with van der Waals surface area (Å²) >= 11 is 0. The van der Waals surface area contributed by atoms with Gasteiger partial charge in [0, 0.05) is 13.1 Å². The van der Waals surface area contributed by atoms with Crippen molar-refractivity contribution < 1.29 is 19.4 Å². The van der Waals surface area contributed by atoms with Gasteiger partial charge in [0.05, 0.1) is 5.41 Å². The molecule has 5 heteroatoms. The van der Waals surface area contributed by atoms with Crippen LogP contribution in [0, 0.1) is 19.3 Å². The molecule has 1 aromatic carbocycles. The number of benzene rings is 1. The predicted octanol–water partition coefficient (Wildman–Crippen LogP) is 2.40. The number of ether oxygens (including phenoxy) is 1. The number of piperidine rings is 1. The van der Waals surface area contributed by atoms with Gasteiger partial charge in [0.15, 0.2) is 6.61 Å². The van der Waals surface area contributed by atoms with E-state index in [0.717, 1.165) is 11.1 Å². The zero-order valence-electron chi connectivity index (χ0n) is 13.4. The summed E-state index contributed by atoms with van der Waals surface area (Å²) in [5.74, 6) is -0.306. The lowest BCUT2D eigenvalue weighted by atomic mass is 9.82. The third-order valence-electron chi connectivity index (χ3n) is 4.26. The minimum absolute atomic E-state index is 0.0556. The Morgan fingerprint density at radius 1 is 1.36 bits per heavy atom. The summed E-state index contributed by atoms with van der Waals surface area (Å²) < 4.78 is 5.62. The molecule has 1 aromatic rings. The molecule has 1 saturated heterocycles. The first-order valence-electron chi connectivity index (χ1n) is 7.53. The zero-order chi connectivity index (χ0) is 16.3. The lowest BCUT2D eigenvalue weighted by Crippen LogP contribution is -2.49. The third kappa shape index (κ3) is 3.59. The van der Waals surface area contributed by atoms with Crippen molar-refractivity contribution >= 4 is 11.9 Å². The molecule has 22 heavy (non-hydrogen) atoms. The molecular weight excluding hydrogens is 282 g/mol. The molecule has 0 spiro atoms. The number of hydrogen-bond acceptors (Lipinski definition) is 3. The average Bonchev–Trinajstić information content (AvgIpc) is 2.47. The summed E-state index contributed by atoms with van der Waals surface area (Å²) in [6.45, 7) is 6.38. The van der Waals surface area contributed by atoms with E-state index < -0.39 is 11.4 Å². The Morgan fingerprint density at radius 2 is 2.09 bits per heavy atom. The summed E-state index contributed by atoms with van der Waals surface area (Å²) in [5, 5.41) is 9.30. The Kier molecular flexibility index (Phi) is 4.74. The Bertz CT molecular complexity index is 584. The number of carboxylic acids is 1. The molecule has 1 fully saturated rings. The van der Waals surface area contributed by atoms with Crippen LogP contribution in [0.3, 0.4) is 0 Å². The van der Waals surface area contributed by atoms with E-state index in [0.29, 0.717) is 25.1 Å². The fourth-order valence-electron chi connectivity index (χ4n) is 2.72. The molecule has 120 valence electrons. The van der Waals surface area contributed by atoms with Crippen LogP contribution in [0.4, 0.5) is 0 Å². The van der Waals surface area contributed by atoms with Crippen molar-refractivity contribution in [2.75, 3.05) is 19.7 Å². The highest BCUT2D eigenvalue weighted by atomic mass is 16.5. The van der Waals surface area contributed by atoms with Gasteiger partial charge in [-0.2, -0.15) is 0 Å². The SMILES string of the molecule is Cc1ccc(C)c(OCC(=O)N2CCCC(C)(C(=O)O)C2)c1. The van der Waals surface area contributed by atoms with Gasteiger partial charge in [-0.3, -0.25) is 9.59 Å². The molecule has 1 aliphatic rings. The quantitative estimate of drug-likeness (QED) is 0.927. The number of rotatable bonds is 4. The second-order valence-electron chi connectivity index (χ2n) is 6.34. The van der Waals surface area contributed by atoms with E-state index in [1.165, 1.54) is 0 Å². The molecule has 1 N–H and O–H groups in total. The van der Waals surface area contributed by atoms with Gasteiger partial charge in [-0.05, 0) is 50.8 Å². The molecule has 0 aromatic heterocycles. The molecule has 0 bridgehead atoms. The highest BCUT2D eigenvalue weighted by Gasteiger charge is 2.39. The monoisotopic (exact) mass is 305 g/mol. The second-order valence-corrected chi connectivity index (χ2v) is 6.34. The van der Waals surface area contributed by atoms with Crippen LogP contribution < -0.4 is 4.74 Å². The molecule has 0 radical (unpaired) electrons. The number of aliphatic carboxylic acids is 1. The average molecular weight is 305 g/mol. The lowest BCUT2D eigenvalue weighted by molar-refractivity contribution is -0.153. The summed E-state index contributed by atoms with van der Waals surface area (Å²) in [6, 6.07) is 5.85. The van der Waals surface area contributed by atoms with Crippen molar-refractivity contribution in [2.45, 2.75) is 33.6 Å². The van der Waals surface area contributed by atoms with E-state index in [1.807, 2.05) is 32.0 Å². The Hall–Kier alpha value is -2.04. The lowest BCUT2D eigenvalue weighted by Gasteiger charge is -2.37. The number of amides is 1. The van der Waals surface area contributed by atoms with Crippen molar-refractivity contribution in [3.63, 3.8) is 0 Å². The van der Waals surface area contributed by atoms with E-state index in [2.05, 4.69) is 0 Å². The van der Waals surface area contributed by atoms with Crippen molar-refractivity contribution in [3.8, 4) is 5.75 Å². The fourth-order valence-corrected chi connectivity index (χ4v) is 2.72. The van der Waals surface area contributed by atoms with Crippen LogP contribution in [0.2, 0.25) is 0 Å². The highest BCUT2D eigenvalue weighted by molar-refractivity contribution is 5.80. The number of aryl methyl sites for hydroxylation is 2. The van der Waals surface area contributed by atoms with E-state index >= 15 is 0 Å². The van der Waals surface area contributed by atoms with Crippen LogP contribution in [0.5, 0.6) is 5.75 Å². The van der Waals surface area contributed by atoms with E-state index in [1.54, 1.807) is 11.8 Å². The van der Waals surface area contributed by atoms with Crippen molar-refractivity contribution in [1.82, 2.24) is 4.90 Å². The van der Waals surface area contributed by atoms with Crippen LogP contribution in [0.1, 0.15) is 30.9 Å². The minimum Gasteiger partial charge on any atom is -0.483 e. The van der Waals surface area contributed by atoms with Gasteiger partial charge < -0.3 is 14.7 Å². The van der Waals surface area contributed by atoms with E-state index in [-0.39, 0.29) is 19.1 Å². The van der Waals surface area contributed by atoms with Gasteiger partial charge >= 0.3 is 5.97 Å². The highest BCUT2D eigenvalue weighted by Crippen LogP contribution is 2.29. The topological polar surface area (TPSA) is 66.8 Å². The molecule has 0 aliphatic carbocycles. The first-order valence-corrected chi connectivity index (χ1v) is 7.53. The molecule has 1 heterocycles. The Balaban J connectivity index is 1.97. The molecule has 5 nitrogen and oxygen atoms in total. The smallest absolute Gasteiger partial charge is 0.311 e. The van der Waals surface area contributed by atoms with Crippen molar-refractivity contribution in [2.24, 2.45) is 5.41 Å². The summed E-state index contributed by atoms with van der Waals surface area (Å²) in [6.07, 6.45) is 1.31. The summed E-state index contributed by atoms with van der Waals surface area (Å²) in [5.41, 5.74) is 1.20. The van der Waals surface area contributed by atoms with Crippen LogP contribution in [-0.2, 0) is 9.59 Å². The number of likely N-dealkylation sites (tertiary alicyclic amines) is 1. The van der Waals surface area contributed by atoms with Gasteiger partial charge in [-0.25, -0.2) is 0 Å². The van der Waals surface area contributed by atoms with Gasteiger partial charge in [-0.15, -0.1) is 0 Å². The predicted molar refractivity (Wildman–Crippen MR) is 83.0 cm³/mol. The molecule has 2 rings (SSSR count). The van der Waals surface area contributed by atoms with E-state index in [4.69, 9.17) is 4.74 Å². The van der Waals surface area contributed by atoms with Crippen LogP contribution in [0.25, 0.3) is 0 Å². The van der Waals surface area contributed by atoms with Gasteiger partial charge in [0.2, 0.25) is 0 Å². The van der Waals surface area contributed by atoms with Crippen molar-refractivity contribution in [3.05, 3.63) is 29.3 Å². The molecule has 1 amide bonds. The molecule has 0 saturated carbocycles. The van der Waals surface area contributed by atoms with Crippen LogP contribution in [-0.4, -0.2) is 41.6 Å². The summed E-state index contributed by atoms with van der Waals surface area (Å²) in [7, 11) is 0. The van der Waals surface area contributed by atoms with Crippen LogP contribution >= 0.6 is 0 Å². The second kappa shape index (κ2) is 6.38. The molecular formula is C17H23NO4. The Labute approximate surface area is 130 Å². The minimum atomic E-state index is -0.854. The fraction of sp³-hybridized carbons (Fsp3) is 0.529. The van der Waals surface area contributed by atoms with E-state index in [9.17, 15) is 14.7 Å². The van der Waals surface area contributed by atoms with Crippen LogP contribution in [0.15, 0.2) is 18.2 Å². The maximum Gasteiger partial charge on any atom is 0.311 e. The molecule has 1 atom stereocenters. The largest absolute Gasteiger partial charge is 0.483 e.